The molecule has 1 atom stereocenters. The number of carbonyl (C=O) groups is 1. The summed E-state index contributed by atoms with van der Waals surface area (Å²) in [5, 5.41) is 0.685. The maximum Gasteiger partial charge on any atom is 0.224 e. The van der Waals surface area contributed by atoms with Gasteiger partial charge in [-0.05, 0) is 24.1 Å². The van der Waals surface area contributed by atoms with Gasteiger partial charge in [0.1, 0.15) is 0 Å². The fraction of sp³-hybridized carbons (Fsp3) is 0.533. The first-order valence-corrected chi connectivity index (χ1v) is 7.07. The van der Waals surface area contributed by atoms with E-state index in [1.807, 2.05) is 24.3 Å². The van der Waals surface area contributed by atoms with Gasteiger partial charge in [-0.2, -0.15) is 0 Å². The van der Waals surface area contributed by atoms with Crippen molar-refractivity contribution in [2.24, 2.45) is 5.73 Å². The van der Waals surface area contributed by atoms with E-state index in [-0.39, 0.29) is 11.8 Å². The van der Waals surface area contributed by atoms with Crippen molar-refractivity contribution in [2.75, 3.05) is 0 Å². The standard InChI is InChI=1S/C15H22ClNO/c1-2-3-4-5-6-7-14(15(17)18)12-8-10-13(16)11-9-12/h8-11,14H,2-7H2,1H3,(H2,17,18). The summed E-state index contributed by atoms with van der Waals surface area (Å²) >= 11 is 5.84. The van der Waals surface area contributed by atoms with Crippen molar-refractivity contribution in [2.45, 2.75) is 51.4 Å². The monoisotopic (exact) mass is 267 g/mol. The van der Waals surface area contributed by atoms with Crippen LogP contribution in [-0.2, 0) is 4.79 Å². The second-order valence-electron chi connectivity index (χ2n) is 4.71. The van der Waals surface area contributed by atoms with Crippen LogP contribution in [0.3, 0.4) is 0 Å². The van der Waals surface area contributed by atoms with Gasteiger partial charge in [-0.15, -0.1) is 0 Å². The molecule has 1 amide bonds. The Morgan fingerprint density at radius 1 is 1.17 bits per heavy atom. The fourth-order valence-corrected chi connectivity index (χ4v) is 2.25. The van der Waals surface area contributed by atoms with Crippen molar-refractivity contribution in [3.05, 3.63) is 34.9 Å². The summed E-state index contributed by atoms with van der Waals surface area (Å²) in [6.07, 6.45) is 6.79. The lowest BCUT2D eigenvalue weighted by Gasteiger charge is -2.13. The van der Waals surface area contributed by atoms with Crippen LogP contribution in [0.15, 0.2) is 24.3 Å². The molecular formula is C15H22ClNO. The van der Waals surface area contributed by atoms with Crippen LogP contribution in [0.4, 0.5) is 0 Å². The van der Waals surface area contributed by atoms with Crippen LogP contribution in [0.1, 0.15) is 56.9 Å². The molecule has 0 aliphatic carbocycles. The minimum Gasteiger partial charge on any atom is -0.369 e. The molecule has 0 radical (unpaired) electrons. The maximum absolute atomic E-state index is 11.5. The van der Waals surface area contributed by atoms with Gasteiger partial charge in [0.15, 0.2) is 0 Å². The molecule has 1 unspecified atom stereocenters. The topological polar surface area (TPSA) is 43.1 Å². The zero-order valence-corrected chi connectivity index (χ0v) is 11.7. The van der Waals surface area contributed by atoms with E-state index in [4.69, 9.17) is 17.3 Å². The number of benzene rings is 1. The number of rotatable bonds is 8. The predicted octanol–water partition coefficient (Wildman–Crippen LogP) is 4.27. The summed E-state index contributed by atoms with van der Waals surface area (Å²) in [5.41, 5.74) is 6.45. The summed E-state index contributed by atoms with van der Waals surface area (Å²) < 4.78 is 0. The van der Waals surface area contributed by atoms with Crippen LogP contribution >= 0.6 is 11.6 Å². The molecule has 1 aromatic carbocycles. The number of hydrogen-bond donors (Lipinski definition) is 1. The zero-order valence-electron chi connectivity index (χ0n) is 11.0. The van der Waals surface area contributed by atoms with Crippen molar-refractivity contribution in [1.82, 2.24) is 0 Å². The maximum atomic E-state index is 11.5. The molecule has 0 aliphatic rings. The van der Waals surface area contributed by atoms with Gasteiger partial charge < -0.3 is 5.73 Å². The van der Waals surface area contributed by atoms with Crippen molar-refractivity contribution in [3.63, 3.8) is 0 Å². The minimum absolute atomic E-state index is 0.177. The quantitative estimate of drug-likeness (QED) is 0.702. The third-order valence-electron chi connectivity index (χ3n) is 3.21. The van der Waals surface area contributed by atoms with E-state index in [1.54, 1.807) is 0 Å². The summed E-state index contributed by atoms with van der Waals surface area (Å²) in [6, 6.07) is 7.40. The van der Waals surface area contributed by atoms with Gasteiger partial charge in [-0.25, -0.2) is 0 Å². The smallest absolute Gasteiger partial charge is 0.224 e. The first kappa shape index (κ1) is 15.0. The molecule has 1 rings (SSSR count). The highest BCUT2D eigenvalue weighted by Gasteiger charge is 2.16. The molecule has 1 aromatic rings. The van der Waals surface area contributed by atoms with Crippen molar-refractivity contribution < 1.29 is 4.79 Å². The molecule has 2 N–H and O–H groups in total. The Balaban J connectivity index is 2.50. The highest BCUT2D eigenvalue weighted by molar-refractivity contribution is 6.30. The van der Waals surface area contributed by atoms with Gasteiger partial charge in [-0.3, -0.25) is 4.79 Å². The van der Waals surface area contributed by atoms with Gasteiger partial charge >= 0.3 is 0 Å². The van der Waals surface area contributed by atoms with E-state index in [1.165, 1.54) is 25.7 Å². The molecule has 3 heteroatoms. The van der Waals surface area contributed by atoms with Gasteiger partial charge in [0.25, 0.3) is 0 Å². The second kappa shape index (κ2) is 8.15. The lowest BCUT2D eigenvalue weighted by Crippen LogP contribution is -2.21. The van der Waals surface area contributed by atoms with Crippen LogP contribution < -0.4 is 5.73 Å². The number of carbonyl (C=O) groups excluding carboxylic acids is 1. The number of amides is 1. The Bertz CT molecular complexity index is 361. The van der Waals surface area contributed by atoms with Crippen molar-refractivity contribution >= 4 is 17.5 Å². The first-order valence-electron chi connectivity index (χ1n) is 6.70. The average Bonchev–Trinajstić information content (AvgIpc) is 2.35. The van der Waals surface area contributed by atoms with Crippen LogP contribution in [0, 0.1) is 0 Å². The molecule has 0 saturated heterocycles. The van der Waals surface area contributed by atoms with E-state index < -0.39 is 0 Å². The number of unbranched alkanes of at least 4 members (excludes halogenated alkanes) is 4. The number of halogens is 1. The number of hydrogen-bond acceptors (Lipinski definition) is 1. The summed E-state index contributed by atoms with van der Waals surface area (Å²) in [6.45, 7) is 2.19. The van der Waals surface area contributed by atoms with E-state index in [0.717, 1.165) is 18.4 Å². The average molecular weight is 268 g/mol. The second-order valence-corrected chi connectivity index (χ2v) is 5.15. The third-order valence-corrected chi connectivity index (χ3v) is 3.46. The summed E-state index contributed by atoms with van der Waals surface area (Å²) in [5.74, 6) is -0.420. The minimum atomic E-state index is -0.243. The zero-order chi connectivity index (χ0) is 13.4. The normalized spacial score (nSPS) is 12.3. The Hall–Kier alpha value is -1.02. The van der Waals surface area contributed by atoms with Crippen LogP contribution in [0.25, 0.3) is 0 Å². The number of primary amides is 1. The van der Waals surface area contributed by atoms with E-state index in [9.17, 15) is 4.79 Å². The van der Waals surface area contributed by atoms with Gasteiger partial charge in [0.2, 0.25) is 5.91 Å². The number of nitrogens with two attached hydrogens (primary N) is 1. The Labute approximate surface area is 115 Å². The molecule has 2 nitrogen and oxygen atoms in total. The molecule has 0 bridgehead atoms. The van der Waals surface area contributed by atoms with Gasteiger partial charge in [0, 0.05) is 5.02 Å². The largest absolute Gasteiger partial charge is 0.369 e. The SMILES string of the molecule is CCCCCCCC(C(N)=O)c1ccc(Cl)cc1. The Morgan fingerprint density at radius 2 is 1.78 bits per heavy atom. The highest BCUT2D eigenvalue weighted by Crippen LogP contribution is 2.24. The molecule has 0 aromatic heterocycles. The van der Waals surface area contributed by atoms with Crippen molar-refractivity contribution in [1.29, 1.82) is 0 Å². The van der Waals surface area contributed by atoms with E-state index in [2.05, 4.69) is 6.92 Å². The Kier molecular flexibility index (Phi) is 6.81. The molecule has 0 saturated carbocycles. The van der Waals surface area contributed by atoms with E-state index in [0.29, 0.717) is 5.02 Å². The van der Waals surface area contributed by atoms with Gasteiger partial charge in [-0.1, -0.05) is 62.8 Å². The van der Waals surface area contributed by atoms with Crippen LogP contribution in [-0.4, -0.2) is 5.91 Å². The summed E-state index contributed by atoms with van der Waals surface area (Å²) in [7, 11) is 0. The van der Waals surface area contributed by atoms with Crippen molar-refractivity contribution in [3.8, 4) is 0 Å². The van der Waals surface area contributed by atoms with E-state index >= 15 is 0 Å². The Morgan fingerprint density at radius 3 is 2.33 bits per heavy atom. The van der Waals surface area contributed by atoms with Crippen LogP contribution in [0.5, 0.6) is 0 Å². The molecule has 0 aliphatic heterocycles. The van der Waals surface area contributed by atoms with Crippen LogP contribution in [0.2, 0.25) is 5.02 Å². The summed E-state index contributed by atoms with van der Waals surface area (Å²) in [4.78, 5) is 11.5. The molecule has 0 fully saturated rings. The lowest BCUT2D eigenvalue weighted by atomic mass is 9.92. The molecule has 18 heavy (non-hydrogen) atoms. The third kappa shape index (κ3) is 5.09. The predicted molar refractivity (Wildman–Crippen MR) is 76.8 cm³/mol. The molecular weight excluding hydrogens is 246 g/mol. The first-order chi connectivity index (χ1) is 8.65. The van der Waals surface area contributed by atoms with Gasteiger partial charge in [0.05, 0.1) is 5.92 Å². The lowest BCUT2D eigenvalue weighted by molar-refractivity contribution is -0.119. The molecule has 100 valence electrons. The highest BCUT2D eigenvalue weighted by atomic mass is 35.5. The molecule has 0 heterocycles. The molecule has 0 spiro atoms. The fourth-order valence-electron chi connectivity index (χ4n) is 2.12.